The van der Waals surface area contributed by atoms with Crippen molar-refractivity contribution < 1.29 is 22.7 Å². The lowest BCUT2D eigenvalue weighted by atomic mass is 10.2. The van der Waals surface area contributed by atoms with E-state index < -0.39 is 17.7 Å². The summed E-state index contributed by atoms with van der Waals surface area (Å²) in [7, 11) is 0. The Morgan fingerprint density at radius 2 is 1.95 bits per heavy atom. The topological polar surface area (TPSA) is 70.1 Å². The number of nitrogens with zero attached hydrogens (tertiary/aromatic N) is 2. The van der Waals surface area contributed by atoms with Crippen molar-refractivity contribution in [2.45, 2.75) is 13.1 Å². The maximum absolute atomic E-state index is 12.5. The molecular formula is C13H11ClF3N3O2. The van der Waals surface area contributed by atoms with Gasteiger partial charge in [0.1, 0.15) is 10.8 Å². The predicted octanol–water partition coefficient (Wildman–Crippen LogP) is 3.30. The number of ether oxygens (including phenoxy) is 1. The van der Waals surface area contributed by atoms with Gasteiger partial charge in [0.2, 0.25) is 0 Å². The minimum absolute atomic E-state index is 0.0653. The number of hydrogen-bond donors (Lipinski definition) is 1. The zero-order valence-electron chi connectivity index (χ0n) is 11.3. The number of halogens is 4. The number of carbonyl (C=O) groups is 1. The average molecular weight is 334 g/mol. The summed E-state index contributed by atoms with van der Waals surface area (Å²) in [6.45, 7) is 1.74. The number of esters is 1. The molecule has 22 heavy (non-hydrogen) atoms. The van der Waals surface area contributed by atoms with E-state index in [1.807, 2.05) is 0 Å². The number of nitrogen functional groups attached to an aromatic ring is 1. The fourth-order valence-corrected chi connectivity index (χ4v) is 1.93. The molecule has 2 N–H and O–H groups in total. The average Bonchev–Trinajstić information content (AvgIpc) is 2.75. The number of anilines is 1. The molecular weight excluding hydrogens is 323 g/mol. The fraction of sp³-hybridized carbons (Fsp3) is 0.231. The molecule has 5 nitrogen and oxygen atoms in total. The largest absolute Gasteiger partial charge is 0.461 e. The van der Waals surface area contributed by atoms with Crippen molar-refractivity contribution in [3.8, 4) is 5.69 Å². The lowest BCUT2D eigenvalue weighted by Gasteiger charge is -2.08. The van der Waals surface area contributed by atoms with Crippen molar-refractivity contribution in [1.29, 1.82) is 0 Å². The van der Waals surface area contributed by atoms with E-state index in [9.17, 15) is 18.0 Å². The molecule has 0 amide bonds. The Hall–Kier alpha value is -2.22. The molecule has 9 heteroatoms. The van der Waals surface area contributed by atoms with Crippen LogP contribution in [0.3, 0.4) is 0 Å². The Balaban J connectivity index is 2.41. The van der Waals surface area contributed by atoms with E-state index in [0.717, 1.165) is 16.8 Å². The summed E-state index contributed by atoms with van der Waals surface area (Å²) in [4.78, 5) is 11.7. The van der Waals surface area contributed by atoms with Crippen molar-refractivity contribution in [3.63, 3.8) is 0 Å². The van der Waals surface area contributed by atoms with Crippen LogP contribution in [0.25, 0.3) is 5.69 Å². The SMILES string of the molecule is CCOC(=O)c1nn(-c2ccc(C(F)(F)F)cc2)c(N)c1Cl. The maximum Gasteiger partial charge on any atom is 0.416 e. The van der Waals surface area contributed by atoms with Crippen LogP contribution in [0.15, 0.2) is 24.3 Å². The Morgan fingerprint density at radius 3 is 2.45 bits per heavy atom. The van der Waals surface area contributed by atoms with Gasteiger partial charge in [-0.15, -0.1) is 0 Å². The first kappa shape index (κ1) is 16.2. The van der Waals surface area contributed by atoms with Gasteiger partial charge in [-0.05, 0) is 31.2 Å². The summed E-state index contributed by atoms with van der Waals surface area (Å²) in [6, 6.07) is 4.12. The molecule has 0 saturated heterocycles. The zero-order chi connectivity index (χ0) is 16.5. The summed E-state index contributed by atoms with van der Waals surface area (Å²) >= 11 is 5.91. The van der Waals surface area contributed by atoms with Gasteiger partial charge in [-0.2, -0.15) is 18.3 Å². The number of nitrogens with two attached hydrogens (primary N) is 1. The minimum atomic E-state index is -4.44. The van der Waals surface area contributed by atoms with E-state index in [4.69, 9.17) is 22.1 Å². The van der Waals surface area contributed by atoms with E-state index in [1.54, 1.807) is 6.92 Å². The Bertz CT molecular complexity index is 696. The highest BCUT2D eigenvalue weighted by Crippen LogP contribution is 2.31. The first-order chi connectivity index (χ1) is 10.3. The second-order valence-electron chi connectivity index (χ2n) is 4.22. The Morgan fingerprint density at radius 1 is 1.36 bits per heavy atom. The molecule has 0 radical (unpaired) electrons. The predicted molar refractivity (Wildman–Crippen MR) is 73.9 cm³/mol. The highest BCUT2D eigenvalue weighted by atomic mass is 35.5. The second kappa shape index (κ2) is 5.88. The van der Waals surface area contributed by atoms with E-state index in [1.165, 1.54) is 12.1 Å². The molecule has 0 aliphatic carbocycles. The van der Waals surface area contributed by atoms with Crippen molar-refractivity contribution in [2.24, 2.45) is 0 Å². The van der Waals surface area contributed by atoms with E-state index in [-0.39, 0.29) is 28.8 Å². The first-order valence-corrected chi connectivity index (χ1v) is 6.52. The highest BCUT2D eigenvalue weighted by Gasteiger charge is 2.30. The molecule has 0 saturated carbocycles. The lowest BCUT2D eigenvalue weighted by molar-refractivity contribution is -0.137. The quantitative estimate of drug-likeness (QED) is 0.875. The molecule has 2 rings (SSSR count). The van der Waals surface area contributed by atoms with Crippen LogP contribution in [0.1, 0.15) is 23.0 Å². The molecule has 0 fully saturated rings. The third-order valence-electron chi connectivity index (χ3n) is 2.77. The third kappa shape index (κ3) is 3.01. The molecule has 0 bridgehead atoms. The molecule has 118 valence electrons. The van der Waals surface area contributed by atoms with Crippen LogP contribution < -0.4 is 5.73 Å². The van der Waals surface area contributed by atoms with Crippen molar-refractivity contribution in [2.75, 3.05) is 12.3 Å². The molecule has 0 atom stereocenters. The number of alkyl halides is 3. The van der Waals surface area contributed by atoms with Gasteiger partial charge >= 0.3 is 12.1 Å². The van der Waals surface area contributed by atoms with Gasteiger partial charge in [0.15, 0.2) is 5.69 Å². The van der Waals surface area contributed by atoms with E-state index in [2.05, 4.69) is 5.10 Å². The van der Waals surface area contributed by atoms with Gasteiger partial charge in [-0.1, -0.05) is 11.6 Å². The van der Waals surface area contributed by atoms with Crippen LogP contribution in [-0.4, -0.2) is 22.4 Å². The maximum atomic E-state index is 12.5. The molecule has 1 aromatic carbocycles. The molecule has 0 spiro atoms. The monoisotopic (exact) mass is 333 g/mol. The van der Waals surface area contributed by atoms with Gasteiger partial charge in [-0.25, -0.2) is 9.48 Å². The summed E-state index contributed by atoms with van der Waals surface area (Å²) in [6.07, 6.45) is -4.44. The number of aromatic nitrogens is 2. The molecule has 1 aromatic heterocycles. The highest BCUT2D eigenvalue weighted by molar-refractivity contribution is 6.35. The fourth-order valence-electron chi connectivity index (χ4n) is 1.73. The van der Waals surface area contributed by atoms with Crippen LogP contribution in [0, 0.1) is 0 Å². The first-order valence-electron chi connectivity index (χ1n) is 6.14. The third-order valence-corrected chi connectivity index (χ3v) is 3.14. The van der Waals surface area contributed by atoms with E-state index >= 15 is 0 Å². The van der Waals surface area contributed by atoms with Crippen molar-refractivity contribution >= 4 is 23.4 Å². The van der Waals surface area contributed by atoms with Crippen LogP contribution in [0.5, 0.6) is 0 Å². The van der Waals surface area contributed by atoms with Gasteiger partial charge in [-0.3, -0.25) is 0 Å². The van der Waals surface area contributed by atoms with Crippen LogP contribution in [0.4, 0.5) is 19.0 Å². The Labute approximate surface area is 128 Å². The smallest absolute Gasteiger partial charge is 0.416 e. The number of benzene rings is 1. The standard InChI is InChI=1S/C13H11ClF3N3O2/c1-2-22-12(21)10-9(14)11(18)20(19-10)8-5-3-7(4-6-8)13(15,16)17/h3-6H,2,18H2,1H3. The Kier molecular flexibility index (Phi) is 4.32. The summed E-state index contributed by atoms with van der Waals surface area (Å²) in [5, 5.41) is 3.78. The lowest BCUT2D eigenvalue weighted by Crippen LogP contribution is -2.08. The summed E-state index contributed by atoms with van der Waals surface area (Å²) in [5.74, 6) is -0.825. The van der Waals surface area contributed by atoms with Gasteiger partial charge in [0, 0.05) is 0 Å². The summed E-state index contributed by atoms with van der Waals surface area (Å²) in [5.41, 5.74) is 4.97. The molecule has 0 aliphatic heterocycles. The van der Waals surface area contributed by atoms with Gasteiger partial charge in [0.05, 0.1) is 17.9 Å². The molecule has 1 heterocycles. The molecule has 0 unspecified atom stereocenters. The van der Waals surface area contributed by atoms with Crippen LogP contribution >= 0.6 is 11.6 Å². The van der Waals surface area contributed by atoms with Crippen LogP contribution in [0.2, 0.25) is 5.02 Å². The molecule has 0 aliphatic rings. The summed E-state index contributed by atoms with van der Waals surface area (Å²) < 4.78 is 43.4. The zero-order valence-corrected chi connectivity index (χ0v) is 12.1. The van der Waals surface area contributed by atoms with Crippen molar-refractivity contribution in [3.05, 3.63) is 40.5 Å². The number of rotatable bonds is 3. The van der Waals surface area contributed by atoms with Crippen LogP contribution in [-0.2, 0) is 10.9 Å². The van der Waals surface area contributed by atoms with E-state index in [0.29, 0.717) is 0 Å². The normalized spacial score (nSPS) is 11.5. The van der Waals surface area contributed by atoms with Crippen molar-refractivity contribution in [1.82, 2.24) is 9.78 Å². The molecule has 2 aromatic rings. The number of hydrogen-bond acceptors (Lipinski definition) is 4. The number of carbonyl (C=O) groups excluding carboxylic acids is 1. The minimum Gasteiger partial charge on any atom is -0.461 e. The second-order valence-corrected chi connectivity index (χ2v) is 4.60. The van der Waals surface area contributed by atoms with Gasteiger partial charge in [0.25, 0.3) is 0 Å². The van der Waals surface area contributed by atoms with Gasteiger partial charge < -0.3 is 10.5 Å².